The Bertz CT molecular complexity index is 1470. The lowest BCUT2D eigenvalue weighted by Crippen LogP contribution is -2.33. The smallest absolute Gasteiger partial charge is 0.307 e. The molecular formula is C29H29N5O3. The highest BCUT2D eigenvalue weighted by Crippen LogP contribution is 2.23. The van der Waals surface area contributed by atoms with Gasteiger partial charge in [0.1, 0.15) is 5.82 Å². The maximum atomic E-state index is 13.6. The molecule has 1 N–H and O–H groups in total. The minimum absolute atomic E-state index is 0.102. The lowest BCUT2D eigenvalue weighted by atomic mass is 10.1. The van der Waals surface area contributed by atoms with Gasteiger partial charge in [0.15, 0.2) is 0 Å². The third kappa shape index (κ3) is 5.96. The van der Waals surface area contributed by atoms with Gasteiger partial charge in [0.05, 0.1) is 42.2 Å². The van der Waals surface area contributed by atoms with Crippen LogP contribution >= 0.6 is 0 Å². The largest absolute Gasteiger partial charge is 0.466 e. The van der Waals surface area contributed by atoms with Gasteiger partial charge in [0, 0.05) is 30.5 Å². The number of hydrogen-bond donors (Lipinski definition) is 1. The normalized spacial score (nSPS) is 10.6. The summed E-state index contributed by atoms with van der Waals surface area (Å²) in [7, 11) is 1.94. The van der Waals surface area contributed by atoms with E-state index in [1.54, 1.807) is 36.1 Å². The quantitative estimate of drug-likeness (QED) is 0.329. The van der Waals surface area contributed by atoms with Crippen LogP contribution in [0.3, 0.4) is 0 Å². The van der Waals surface area contributed by atoms with Crippen molar-refractivity contribution in [2.75, 3.05) is 23.4 Å². The second kappa shape index (κ2) is 11.4. The number of carbonyl (C=O) groups excluding carboxylic acids is 2. The molecule has 0 bridgehead atoms. The fourth-order valence-corrected chi connectivity index (χ4v) is 4.12. The Hall–Kier alpha value is -4.64. The molecule has 37 heavy (non-hydrogen) atoms. The summed E-state index contributed by atoms with van der Waals surface area (Å²) in [6.07, 6.45) is 0.102. The molecule has 0 aliphatic heterocycles. The highest BCUT2D eigenvalue weighted by atomic mass is 16.5. The lowest BCUT2D eigenvalue weighted by Gasteiger charge is -2.23. The number of ether oxygens (including phenoxy) is 1. The van der Waals surface area contributed by atoms with Crippen LogP contribution in [0.1, 0.15) is 40.7 Å². The van der Waals surface area contributed by atoms with Gasteiger partial charge in [-0.15, -0.1) is 0 Å². The molecule has 0 unspecified atom stereocenters. The minimum Gasteiger partial charge on any atom is -0.466 e. The standard InChI is InChI=1S/C29H29N5O3/c1-4-37-28(35)14-15-34(24-7-5-6-20(2)16-24)29(36)22-10-13-26-25(17-22)32-27(33(26)3)19-31-23-11-8-21(18-30)9-12-23/h5-13,16-17,31H,4,14-15,19H2,1-3H3. The van der Waals surface area contributed by atoms with Gasteiger partial charge in [-0.25, -0.2) is 4.98 Å². The van der Waals surface area contributed by atoms with Crippen LogP contribution in [-0.2, 0) is 23.1 Å². The van der Waals surface area contributed by atoms with Gasteiger partial charge in [-0.3, -0.25) is 9.59 Å². The third-order valence-electron chi connectivity index (χ3n) is 6.09. The number of carbonyl (C=O) groups is 2. The Morgan fingerprint density at radius 2 is 1.89 bits per heavy atom. The molecule has 1 heterocycles. The van der Waals surface area contributed by atoms with Crippen LogP contribution in [0.15, 0.2) is 66.7 Å². The topological polar surface area (TPSA) is 100 Å². The van der Waals surface area contributed by atoms with Crippen LogP contribution < -0.4 is 10.2 Å². The first-order valence-corrected chi connectivity index (χ1v) is 12.1. The molecule has 0 aliphatic rings. The van der Waals surface area contributed by atoms with E-state index >= 15 is 0 Å². The van der Waals surface area contributed by atoms with Crippen molar-refractivity contribution in [1.82, 2.24) is 9.55 Å². The van der Waals surface area contributed by atoms with Gasteiger partial charge in [0.2, 0.25) is 0 Å². The zero-order chi connectivity index (χ0) is 26.4. The predicted molar refractivity (Wildman–Crippen MR) is 143 cm³/mol. The van der Waals surface area contributed by atoms with Crippen LogP contribution in [0, 0.1) is 18.3 Å². The first-order chi connectivity index (χ1) is 17.9. The van der Waals surface area contributed by atoms with E-state index in [1.807, 2.05) is 61.0 Å². The molecule has 0 fully saturated rings. The summed E-state index contributed by atoms with van der Waals surface area (Å²) >= 11 is 0. The second-order valence-corrected chi connectivity index (χ2v) is 8.68. The van der Waals surface area contributed by atoms with Crippen LogP contribution in [0.25, 0.3) is 11.0 Å². The average molecular weight is 496 g/mol. The minimum atomic E-state index is -0.340. The maximum Gasteiger partial charge on any atom is 0.307 e. The lowest BCUT2D eigenvalue weighted by molar-refractivity contribution is -0.142. The number of esters is 1. The highest BCUT2D eigenvalue weighted by molar-refractivity contribution is 6.07. The van der Waals surface area contributed by atoms with Crippen molar-refractivity contribution < 1.29 is 14.3 Å². The molecule has 0 saturated heterocycles. The molecular weight excluding hydrogens is 466 g/mol. The van der Waals surface area contributed by atoms with Gasteiger partial charge in [-0.1, -0.05) is 12.1 Å². The van der Waals surface area contributed by atoms with E-state index in [0.29, 0.717) is 29.8 Å². The molecule has 3 aromatic carbocycles. The van der Waals surface area contributed by atoms with E-state index in [1.165, 1.54) is 0 Å². The zero-order valence-electron chi connectivity index (χ0n) is 21.2. The molecule has 0 aliphatic carbocycles. The summed E-state index contributed by atoms with van der Waals surface area (Å²) in [6.45, 7) is 4.72. The summed E-state index contributed by atoms with van der Waals surface area (Å²) in [5.74, 6) is 0.258. The summed E-state index contributed by atoms with van der Waals surface area (Å²) in [5.41, 5.74) is 5.34. The molecule has 0 atom stereocenters. The highest BCUT2D eigenvalue weighted by Gasteiger charge is 2.21. The number of nitrogens with one attached hydrogen (secondary N) is 1. The summed E-state index contributed by atoms with van der Waals surface area (Å²) < 4.78 is 7.05. The van der Waals surface area contributed by atoms with Crippen molar-refractivity contribution in [3.05, 3.63) is 89.2 Å². The van der Waals surface area contributed by atoms with Gasteiger partial charge >= 0.3 is 5.97 Å². The molecule has 4 aromatic rings. The monoisotopic (exact) mass is 495 g/mol. The number of hydrogen-bond acceptors (Lipinski definition) is 6. The van der Waals surface area contributed by atoms with E-state index in [2.05, 4.69) is 11.4 Å². The molecule has 0 radical (unpaired) electrons. The van der Waals surface area contributed by atoms with Crippen LogP contribution in [0.4, 0.5) is 11.4 Å². The first kappa shape index (κ1) is 25.5. The van der Waals surface area contributed by atoms with Gasteiger partial charge in [-0.05, 0) is 74.0 Å². The fraction of sp³-hybridized carbons (Fsp3) is 0.241. The van der Waals surface area contributed by atoms with E-state index in [9.17, 15) is 9.59 Å². The predicted octanol–water partition coefficient (Wildman–Crippen LogP) is 4.97. The maximum absolute atomic E-state index is 13.6. The summed E-state index contributed by atoms with van der Waals surface area (Å²) in [4.78, 5) is 32.0. The number of amides is 1. The molecule has 8 nitrogen and oxygen atoms in total. The second-order valence-electron chi connectivity index (χ2n) is 8.68. The Labute approximate surface area is 216 Å². The molecule has 8 heteroatoms. The van der Waals surface area contributed by atoms with E-state index < -0.39 is 0 Å². The van der Waals surface area contributed by atoms with Gasteiger partial charge < -0.3 is 19.5 Å². The van der Waals surface area contributed by atoms with Gasteiger partial charge in [0.25, 0.3) is 5.91 Å². The number of benzene rings is 3. The third-order valence-corrected chi connectivity index (χ3v) is 6.09. The van der Waals surface area contributed by atoms with Crippen molar-refractivity contribution in [3.8, 4) is 6.07 Å². The molecule has 0 spiro atoms. The van der Waals surface area contributed by atoms with Gasteiger partial charge in [-0.2, -0.15) is 5.26 Å². The number of nitriles is 1. The van der Waals surface area contributed by atoms with Crippen molar-refractivity contribution >= 4 is 34.3 Å². The molecule has 1 amide bonds. The van der Waals surface area contributed by atoms with Crippen molar-refractivity contribution in [1.29, 1.82) is 5.26 Å². The zero-order valence-corrected chi connectivity index (χ0v) is 21.2. The van der Waals surface area contributed by atoms with Crippen LogP contribution in [0.2, 0.25) is 0 Å². The summed E-state index contributed by atoms with van der Waals surface area (Å²) in [5, 5.41) is 12.3. The molecule has 1 aromatic heterocycles. The number of aromatic nitrogens is 2. The fourth-order valence-electron chi connectivity index (χ4n) is 4.12. The molecule has 4 rings (SSSR count). The van der Waals surface area contributed by atoms with E-state index in [0.717, 1.165) is 28.3 Å². The molecule has 188 valence electrons. The Morgan fingerprint density at radius 3 is 2.59 bits per heavy atom. The van der Waals surface area contributed by atoms with Crippen molar-refractivity contribution in [2.24, 2.45) is 7.05 Å². The number of rotatable bonds is 9. The number of nitrogens with zero attached hydrogens (tertiary/aromatic N) is 4. The molecule has 0 saturated carbocycles. The Kier molecular flexibility index (Phi) is 7.84. The van der Waals surface area contributed by atoms with Crippen LogP contribution in [-0.4, -0.2) is 34.6 Å². The number of aryl methyl sites for hydroxylation is 2. The van der Waals surface area contributed by atoms with E-state index in [-0.39, 0.29) is 24.8 Å². The average Bonchev–Trinajstić information content (AvgIpc) is 3.22. The van der Waals surface area contributed by atoms with Crippen molar-refractivity contribution in [2.45, 2.75) is 26.8 Å². The number of anilines is 2. The van der Waals surface area contributed by atoms with E-state index in [4.69, 9.17) is 15.0 Å². The number of imidazole rings is 1. The Balaban J connectivity index is 1.57. The number of fused-ring (bicyclic) bond motifs is 1. The SMILES string of the molecule is CCOC(=O)CCN(C(=O)c1ccc2c(c1)nc(CNc1ccc(C#N)cc1)n2C)c1cccc(C)c1. The summed E-state index contributed by atoms with van der Waals surface area (Å²) in [6, 6.07) is 22.5. The van der Waals surface area contributed by atoms with Crippen molar-refractivity contribution in [3.63, 3.8) is 0 Å². The first-order valence-electron chi connectivity index (χ1n) is 12.1. The van der Waals surface area contributed by atoms with Crippen LogP contribution in [0.5, 0.6) is 0 Å². The Morgan fingerprint density at radius 1 is 1.11 bits per heavy atom.